The summed E-state index contributed by atoms with van der Waals surface area (Å²) in [6, 6.07) is 2.44. The molecule has 1 aromatic rings. The number of carboxylic acid groups (broad SMARTS) is 1. The monoisotopic (exact) mass is 325 g/mol. The lowest BCUT2D eigenvalue weighted by Crippen LogP contribution is -2.30. The fourth-order valence-corrected chi connectivity index (χ4v) is 1.57. The number of aliphatic carboxylic acids is 1. The molecule has 23 heavy (non-hydrogen) atoms. The number of rotatable bonds is 7. The number of carbonyl (C=O) groups excluding carboxylic acids is 2. The molecule has 0 saturated heterocycles. The Kier molecular flexibility index (Phi) is 6.01. The lowest BCUT2D eigenvalue weighted by Gasteiger charge is -2.12. The van der Waals surface area contributed by atoms with E-state index in [4.69, 9.17) is 5.11 Å². The summed E-state index contributed by atoms with van der Waals surface area (Å²) in [5.74, 6) is -2.54. The zero-order chi connectivity index (χ0) is 17.6. The number of ether oxygens (including phenoxy) is 1. The van der Waals surface area contributed by atoms with Gasteiger partial charge in [-0.15, -0.1) is 0 Å². The van der Waals surface area contributed by atoms with Crippen molar-refractivity contribution >= 4 is 29.2 Å². The minimum Gasteiger partial charge on any atom is -0.480 e. The van der Waals surface area contributed by atoms with E-state index in [0.717, 1.165) is 13.2 Å². The van der Waals surface area contributed by atoms with Gasteiger partial charge in [-0.2, -0.15) is 0 Å². The lowest BCUT2D eigenvalue weighted by molar-refractivity contribution is -0.384. The van der Waals surface area contributed by atoms with Crippen LogP contribution < -0.4 is 10.6 Å². The van der Waals surface area contributed by atoms with Gasteiger partial charge in [0.25, 0.3) is 11.6 Å². The van der Waals surface area contributed by atoms with Gasteiger partial charge in [0, 0.05) is 11.6 Å². The molecule has 0 bridgehead atoms. The van der Waals surface area contributed by atoms with Crippen LogP contribution in [0.15, 0.2) is 18.2 Å². The van der Waals surface area contributed by atoms with E-state index in [-0.39, 0.29) is 17.8 Å². The quantitative estimate of drug-likeness (QED) is 0.370. The fourth-order valence-electron chi connectivity index (χ4n) is 1.57. The van der Waals surface area contributed by atoms with Gasteiger partial charge in [-0.25, -0.2) is 0 Å². The molecule has 0 fully saturated rings. The number of hydrogen-bond donors (Lipinski definition) is 3. The molecule has 0 aliphatic rings. The van der Waals surface area contributed by atoms with Crippen LogP contribution in [0.5, 0.6) is 0 Å². The van der Waals surface area contributed by atoms with Crippen LogP contribution in [0.3, 0.4) is 0 Å². The first-order chi connectivity index (χ1) is 10.8. The third kappa shape index (κ3) is 4.95. The van der Waals surface area contributed by atoms with Gasteiger partial charge >= 0.3 is 11.9 Å². The Balaban J connectivity index is 2.99. The summed E-state index contributed by atoms with van der Waals surface area (Å²) in [5, 5.41) is 24.6. The molecule has 0 spiro atoms. The highest BCUT2D eigenvalue weighted by Gasteiger charge is 2.21. The number of carbonyl (C=O) groups is 3. The second-order valence-corrected chi connectivity index (χ2v) is 4.45. The molecule has 0 radical (unpaired) electrons. The van der Waals surface area contributed by atoms with E-state index in [2.05, 4.69) is 15.4 Å². The van der Waals surface area contributed by atoms with Crippen molar-refractivity contribution in [1.82, 2.24) is 5.32 Å². The lowest BCUT2D eigenvalue weighted by atomic mass is 10.1. The number of nitrogens with zero attached hydrogens (tertiary/aromatic N) is 1. The van der Waals surface area contributed by atoms with Gasteiger partial charge in [-0.3, -0.25) is 24.5 Å². The summed E-state index contributed by atoms with van der Waals surface area (Å²) in [4.78, 5) is 43.9. The SMILES string of the molecule is COC(=O)CNC(=O)c1ccc(N[C@@H](C)C(=O)O)c([N+](=O)[O-])c1. The van der Waals surface area contributed by atoms with E-state index < -0.39 is 34.5 Å². The summed E-state index contributed by atoms with van der Waals surface area (Å²) in [6.45, 7) is 0.947. The molecular formula is C13H15N3O7. The van der Waals surface area contributed by atoms with Crippen molar-refractivity contribution in [2.24, 2.45) is 0 Å². The Morgan fingerprint density at radius 2 is 2.04 bits per heavy atom. The van der Waals surface area contributed by atoms with E-state index in [1.807, 2.05) is 0 Å². The van der Waals surface area contributed by atoms with E-state index >= 15 is 0 Å². The molecule has 10 heteroatoms. The first-order valence-corrected chi connectivity index (χ1v) is 6.39. The zero-order valence-corrected chi connectivity index (χ0v) is 12.4. The van der Waals surface area contributed by atoms with Crippen LogP contribution in [0, 0.1) is 10.1 Å². The minimum absolute atomic E-state index is 0.0329. The number of anilines is 1. The predicted octanol–water partition coefficient (Wildman–Crippen LogP) is 0.383. The van der Waals surface area contributed by atoms with Crippen molar-refractivity contribution in [2.75, 3.05) is 19.0 Å². The highest BCUT2D eigenvalue weighted by molar-refractivity contribution is 5.97. The fraction of sp³-hybridized carbons (Fsp3) is 0.308. The van der Waals surface area contributed by atoms with Crippen LogP contribution in [0.2, 0.25) is 0 Å². The summed E-state index contributed by atoms with van der Waals surface area (Å²) < 4.78 is 4.36. The molecule has 0 heterocycles. The minimum atomic E-state index is -1.18. The number of esters is 1. The van der Waals surface area contributed by atoms with Crippen LogP contribution >= 0.6 is 0 Å². The van der Waals surface area contributed by atoms with Gasteiger partial charge in [0.2, 0.25) is 0 Å². The number of nitro groups is 1. The first-order valence-electron chi connectivity index (χ1n) is 6.39. The van der Waals surface area contributed by atoms with Crippen molar-refractivity contribution in [1.29, 1.82) is 0 Å². The van der Waals surface area contributed by atoms with Gasteiger partial charge in [0.15, 0.2) is 0 Å². The molecule has 0 saturated carbocycles. The topological polar surface area (TPSA) is 148 Å². The maximum Gasteiger partial charge on any atom is 0.325 e. The van der Waals surface area contributed by atoms with E-state index in [0.29, 0.717) is 0 Å². The third-order valence-corrected chi connectivity index (χ3v) is 2.82. The molecule has 0 aliphatic heterocycles. The number of nitrogens with one attached hydrogen (secondary N) is 2. The Morgan fingerprint density at radius 1 is 1.39 bits per heavy atom. The highest BCUT2D eigenvalue weighted by Crippen LogP contribution is 2.26. The average Bonchev–Trinajstić information content (AvgIpc) is 2.51. The number of amides is 1. The second-order valence-electron chi connectivity index (χ2n) is 4.45. The van der Waals surface area contributed by atoms with Crippen molar-refractivity contribution in [3.63, 3.8) is 0 Å². The summed E-state index contributed by atoms with van der Waals surface area (Å²) >= 11 is 0. The maximum atomic E-state index is 11.8. The molecule has 10 nitrogen and oxygen atoms in total. The molecule has 1 aromatic carbocycles. The molecule has 3 N–H and O–H groups in total. The largest absolute Gasteiger partial charge is 0.480 e. The molecule has 0 aromatic heterocycles. The number of carboxylic acids is 1. The number of benzene rings is 1. The highest BCUT2D eigenvalue weighted by atomic mass is 16.6. The number of hydrogen-bond acceptors (Lipinski definition) is 7. The first kappa shape index (κ1) is 17.9. The van der Waals surface area contributed by atoms with Crippen molar-refractivity contribution < 1.29 is 29.2 Å². The maximum absolute atomic E-state index is 11.8. The van der Waals surface area contributed by atoms with Gasteiger partial charge in [-0.1, -0.05) is 0 Å². The number of nitro benzene ring substituents is 1. The van der Waals surface area contributed by atoms with Crippen molar-refractivity contribution in [3.8, 4) is 0 Å². The Morgan fingerprint density at radius 3 is 2.57 bits per heavy atom. The van der Waals surface area contributed by atoms with Crippen LogP contribution in [0.1, 0.15) is 17.3 Å². The second kappa shape index (κ2) is 7.73. The molecule has 1 amide bonds. The average molecular weight is 325 g/mol. The molecule has 1 atom stereocenters. The van der Waals surface area contributed by atoms with Crippen LogP contribution in [-0.2, 0) is 14.3 Å². The van der Waals surface area contributed by atoms with Gasteiger partial charge in [0.1, 0.15) is 18.3 Å². The number of methoxy groups -OCH3 is 1. The predicted molar refractivity (Wildman–Crippen MR) is 78.2 cm³/mol. The van der Waals surface area contributed by atoms with Crippen molar-refractivity contribution in [2.45, 2.75) is 13.0 Å². The summed E-state index contributed by atoms with van der Waals surface area (Å²) in [7, 11) is 1.16. The smallest absolute Gasteiger partial charge is 0.325 e. The Bertz CT molecular complexity index is 644. The van der Waals surface area contributed by atoms with Crippen LogP contribution in [0.25, 0.3) is 0 Å². The Hall–Kier alpha value is -3.17. The van der Waals surface area contributed by atoms with Crippen LogP contribution in [-0.4, -0.2) is 47.6 Å². The Labute approximate surface area is 130 Å². The molecule has 124 valence electrons. The molecule has 0 unspecified atom stereocenters. The molecule has 1 rings (SSSR count). The van der Waals surface area contributed by atoms with Gasteiger partial charge < -0.3 is 20.5 Å². The third-order valence-electron chi connectivity index (χ3n) is 2.82. The normalized spacial score (nSPS) is 11.2. The van der Waals surface area contributed by atoms with E-state index in [1.165, 1.54) is 19.1 Å². The zero-order valence-electron chi connectivity index (χ0n) is 12.4. The van der Waals surface area contributed by atoms with Crippen LogP contribution in [0.4, 0.5) is 11.4 Å². The molecular weight excluding hydrogens is 310 g/mol. The summed E-state index contributed by atoms with van der Waals surface area (Å²) in [6.07, 6.45) is 0. The van der Waals surface area contributed by atoms with E-state index in [1.54, 1.807) is 0 Å². The van der Waals surface area contributed by atoms with Crippen molar-refractivity contribution in [3.05, 3.63) is 33.9 Å². The van der Waals surface area contributed by atoms with Gasteiger partial charge in [-0.05, 0) is 19.1 Å². The summed E-state index contributed by atoms with van der Waals surface area (Å²) in [5.41, 5.74) is -0.535. The van der Waals surface area contributed by atoms with Gasteiger partial charge in [0.05, 0.1) is 12.0 Å². The molecule has 0 aliphatic carbocycles. The standard InChI is InChI=1S/C13H15N3O7/c1-7(13(19)20)15-9-4-3-8(5-10(9)16(21)22)12(18)14-6-11(17)23-2/h3-5,7,15H,6H2,1-2H3,(H,14,18)(H,19,20)/t7-/m0/s1. The van der Waals surface area contributed by atoms with E-state index in [9.17, 15) is 24.5 Å².